The van der Waals surface area contributed by atoms with Crippen molar-refractivity contribution in [3.8, 4) is 0 Å². The fourth-order valence-corrected chi connectivity index (χ4v) is 3.16. The topological polar surface area (TPSA) is 69.2 Å². The molecular weight excluding hydrogens is 314 g/mol. The number of hydrogen-bond donors (Lipinski definition) is 2. The van der Waals surface area contributed by atoms with Gasteiger partial charge in [-0.05, 0) is 44.0 Å². The molecule has 0 spiro atoms. The van der Waals surface area contributed by atoms with Gasteiger partial charge < -0.3 is 10.0 Å². The summed E-state index contributed by atoms with van der Waals surface area (Å²) in [5.41, 5.74) is 3.41. The van der Waals surface area contributed by atoms with Gasteiger partial charge in [-0.3, -0.25) is 9.89 Å². The maximum atomic E-state index is 12.6. The van der Waals surface area contributed by atoms with Crippen molar-refractivity contribution in [1.82, 2.24) is 15.1 Å². The van der Waals surface area contributed by atoms with Crippen molar-refractivity contribution in [2.24, 2.45) is 5.92 Å². The number of nitrogens with zero attached hydrogens (tertiary/aromatic N) is 2. The van der Waals surface area contributed by atoms with Crippen LogP contribution >= 0.6 is 11.6 Å². The number of aromatic amines is 1. The Hall–Kier alpha value is -1.85. The van der Waals surface area contributed by atoms with Crippen LogP contribution < -0.4 is 0 Å². The Morgan fingerprint density at radius 3 is 2.83 bits per heavy atom. The summed E-state index contributed by atoms with van der Waals surface area (Å²) >= 11 is 6.10. The minimum atomic E-state index is -0.531. The highest BCUT2D eigenvalue weighted by Crippen LogP contribution is 2.24. The molecule has 0 radical (unpaired) electrons. The lowest BCUT2D eigenvalue weighted by Gasteiger charge is -2.16. The van der Waals surface area contributed by atoms with Gasteiger partial charge in [0.25, 0.3) is 5.91 Å². The Kier molecular flexibility index (Phi) is 4.41. The van der Waals surface area contributed by atoms with E-state index in [0.717, 1.165) is 17.0 Å². The number of amides is 1. The van der Waals surface area contributed by atoms with Crippen LogP contribution in [-0.2, 0) is 6.42 Å². The zero-order valence-electron chi connectivity index (χ0n) is 13.2. The molecule has 6 heteroatoms. The predicted molar refractivity (Wildman–Crippen MR) is 88.6 cm³/mol. The van der Waals surface area contributed by atoms with E-state index < -0.39 is 6.10 Å². The Morgan fingerprint density at radius 2 is 2.17 bits per heavy atom. The van der Waals surface area contributed by atoms with Crippen LogP contribution in [0, 0.1) is 19.8 Å². The maximum absolute atomic E-state index is 12.6. The zero-order valence-corrected chi connectivity index (χ0v) is 14.0. The number of carbonyl (C=O) groups excluding carboxylic acids is 1. The maximum Gasteiger partial charge on any atom is 0.254 e. The number of likely N-dealkylation sites (tertiary alicyclic amines) is 1. The Bertz CT molecular complexity index is 728. The van der Waals surface area contributed by atoms with Crippen LogP contribution in [0.1, 0.15) is 27.3 Å². The van der Waals surface area contributed by atoms with Crippen molar-refractivity contribution < 1.29 is 9.90 Å². The number of H-pyrrole nitrogens is 1. The molecule has 1 aromatic carbocycles. The molecule has 0 unspecified atom stereocenters. The number of aryl methyl sites for hydroxylation is 2. The average molecular weight is 334 g/mol. The summed E-state index contributed by atoms with van der Waals surface area (Å²) in [4.78, 5) is 14.3. The van der Waals surface area contributed by atoms with E-state index in [4.69, 9.17) is 11.6 Å². The van der Waals surface area contributed by atoms with Gasteiger partial charge in [0.2, 0.25) is 0 Å². The highest BCUT2D eigenvalue weighted by Gasteiger charge is 2.34. The van der Waals surface area contributed by atoms with Crippen LogP contribution in [0.2, 0.25) is 5.02 Å². The third-order valence-corrected chi connectivity index (χ3v) is 4.75. The molecule has 1 aliphatic heterocycles. The molecule has 1 saturated heterocycles. The van der Waals surface area contributed by atoms with E-state index in [9.17, 15) is 9.90 Å². The van der Waals surface area contributed by atoms with Gasteiger partial charge in [-0.1, -0.05) is 17.7 Å². The standard InChI is InChI=1S/C17H20ClN3O2/c1-10-3-4-12(7-15(10)18)17(23)21-8-13(16(22)9-21)6-14-5-11(2)19-20-14/h3-5,7,13,16,22H,6,8-9H2,1-2H3,(H,19,20)/t13-,16-/m1/s1. The molecular formula is C17H20ClN3O2. The second kappa shape index (κ2) is 6.34. The number of benzene rings is 1. The number of nitrogens with one attached hydrogen (secondary N) is 1. The van der Waals surface area contributed by atoms with Crippen molar-refractivity contribution in [3.05, 3.63) is 51.8 Å². The van der Waals surface area contributed by atoms with Crippen molar-refractivity contribution in [1.29, 1.82) is 0 Å². The molecule has 1 aliphatic rings. The Morgan fingerprint density at radius 1 is 1.39 bits per heavy atom. The van der Waals surface area contributed by atoms with Crippen LogP contribution in [0.15, 0.2) is 24.3 Å². The molecule has 1 aromatic heterocycles. The lowest BCUT2D eigenvalue weighted by atomic mass is 10.0. The van der Waals surface area contributed by atoms with E-state index in [1.165, 1.54) is 0 Å². The summed E-state index contributed by atoms with van der Waals surface area (Å²) in [6.07, 6.45) is 0.126. The number of rotatable bonds is 3. The highest BCUT2D eigenvalue weighted by atomic mass is 35.5. The van der Waals surface area contributed by atoms with Gasteiger partial charge in [0.15, 0.2) is 0 Å². The van der Waals surface area contributed by atoms with Crippen LogP contribution in [0.3, 0.4) is 0 Å². The number of hydrogen-bond acceptors (Lipinski definition) is 3. The molecule has 2 atom stereocenters. The molecule has 2 heterocycles. The quantitative estimate of drug-likeness (QED) is 0.906. The average Bonchev–Trinajstić information content (AvgIpc) is 3.08. The van der Waals surface area contributed by atoms with Gasteiger partial charge in [-0.25, -0.2) is 0 Å². The fourth-order valence-electron chi connectivity index (χ4n) is 2.98. The van der Waals surface area contributed by atoms with Crippen molar-refractivity contribution >= 4 is 17.5 Å². The highest BCUT2D eigenvalue weighted by molar-refractivity contribution is 6.31. The summed E-state index contributed by atoms with van der Waals surface area (Å²) in [7, 11) is 0. The van der Waals surface area contributed by atoms with Gasteiger partial charge in [0, 0.05) is 35.3 Å². The van der Waals surface area contributed by atoms with Gasteiger partial charge in [-0.15, -0.1) is 0 Å². The number of carbonyl (C=O) groups is 1. The van der Waals surface area contributed by atoms with Crippen LogP contribution in [0.4, 0.5) is 0 Å². The van der Waals surface area contributed by atoms with Gasteiger partial charge >= 0.3 is 0 Å². The first-order chi connectivity index (χ1) is 10.9. The molecule has 0 aliphatic carbocycles. The second-order valence-corrected chi connectivity index (χ2v) is 6.66. The van der Waals surface area contributed by atoms with Gasteiger partial charge in [-0.2, -0.15) is 5.10 Å². The summed E-state index contributed by atoms with van der Waals surface area (Å²) < 4.78 is 0. The second-order valence-electron chi connectivity index (χ2n) is 6.25. The number of halogens is 1. The molecule has 2 N–H and O–H groups in total. The van der Waals surface area contributed by atoms with Crippen LogP contribution in [0.5, 0.6) is 0 Å². The zero-order chi connectivity index (χ0) is 16.6. The lowest BCUT2D eigenvalue weighted by molar-refractivity contribution is 0.0764. The smallest absolute Gasteiger partial charge is 0.254 e. The molecule has 122 valence electrons. The van der Waals surface area contributed by atoms with E-state index in [2.05, 4.69) is 10.2 Å². The van der Waals surface area contributed by atoms with E-state index >= 15 is 0 Å². The Balaban J connectivity index is 1.69. The third kappa shape index (κ3) is 3.41. The molecule has 0 saturated carbocycles. The van der Waals surface area contributed by atoms with E-state index in [1.807, 2.05) is 26.0 Å². The summed E-state index contributed by atoms with van der Waals surface area (Å²) in [6.45, 7) is 4.71. The normalized spacial score (nSPS) is 21.0. The number of aromatic nitrogens is 2. The van der Waals surface area contributed by atoms with Crippen molar-refractivity contribution in [2.75, 3.05) is 13.1 Å². The lowest BCUT2D eigenvalue weighted by Crippen LogP contribution is -2.29. The van der Waals surface area contributed by atoms with E-state index in [1.54, 1.807) is 17.0 Å². The molecule has 2 aromatic rings. The Labute approximate surface area is 140 Å². The SMILES string of the molecule is Cc1cc(C[C@@H]2CN(C(=O)c3ccc(C)c(Cl)c3)C[C@H]2O)n[nH]1. The van der Waals surface area contributed by atoms with E-state index in [0.29, 0.717) is 30.1 Å². The van der Waals surface area contributed by atoms with Crippen LogP contribution in [0.25, 0.3) is 0 Å². The summed E-state index contributed by atoms with van der Waals surface area (Å²) in [6, 6.07) is 7.28. The fraction of sp³-hybridized carbons (Fsp3) is 0.412. The van der Waals surface area contributed by atoms with Crippen molar-refractivity contribution in [2.45, 2.75) is 26.4 Å². The largest absolute Gasteiger partial charge is 0.391 e. The minimum Gasteiger partial charge on any atom is -0.391 e. The molecule has 3 rings (SSSR count). The third-order valence-electron chi connectivity index (χ3n) is 4.34. The van der Waals surface area contributed by atoms with Gasteiger partial charge in [0.05, 0.1) is 11.8 Å². The molecule has 23 heavy (non-hydrogen) atoms. The monoisotopic (exact) mass is 333 g/mol. The first kappa shape index (κ1) is 16.0. The predicted octanol–water partition coefficient (Wildman–Crippen LogP) is 2.36. The first-order valence-corrected chi connectivity index (χ1v) is 8.06. The molecule has 0 bridgehead atoms. The first-order valence-electron chi connectivity index (χ1n) is 7.68. The summed E-state index contributed by atoms with van der Waals surface area (Å²) in [5, 5.41) is 18.0. The number of β-amino-alcohol motifs (C(OH)–C–C–N with tert-alkyl or cyclic N) is 1. The van der Waals surface area contributed by atoms with Gasteiger partial charge in [0.1, 0.15) is 0 Å². The summed E-state index contributed by atoms with van der Waals surface area (Å²) in [5.74, 6) is -0.0887. The minimum absolute atomic E-state index is 0.00238. The molecule has 1 amide bonds. The molecule has 5 nitrogen and oxygen atoms in total. The molecule has 1 fully saturated rings. The number of aliphatic hydroxyl groups excluding tert-OH is 1. The van der Waals surface area contributed by atoms with Crippen molar-refractivity contribution in [3.63, 3.8) is 0 Å². The number of aliphatic hydroxyl groups is 1. The van der Waals surface area contributed by atoms with E-state index in [-0.39, 0.29) is 11.8 Å². The van der Waals surface area contributed by atoms with Crippen LogP contribution in [-0.4, -0.2) is 45.3 Å².